The van der Waals surface area contributed by atoms with Crippen molar-refractivity contribution in [2.75, 3.05) is 6.61 Å². The molecule has 4 heteroatoms. The summed E-state index contributed by atoms with van der Waals surface area (Å²) in [6.45, 7) is 6.36. The van der Waals surface area contributed by atoms with Gasteiger partial charge < -0.3 is 4.74 Å². The molecule has 0 radical (unpaired) electrons. The highest BCUT2D eigenvalue weighted by Crippen LogP contribution is 2.08. The number of nitrogens with zero attached hydrogens (tertiary/aromatic N) is 2. The van der Waals surface area contributed by atoms with E-state index in [9.17, 15) is 0 Å². The molecule has 0 saturated carbocycles. The molecular formula is C13H17BN2O. The lowest BCUT2D eigenvalue weighted by atomic mass is 9.49. The van der Waals surface area contributed by atoms with E-state index in [4.69, 9.17) is 4.74 Å². The van der Waals surface area contributed by atoms with Crippen LogP contribution >= 0.6 is 0 Å². The molecule has 0 amide bonds. The summed E-state index contributed by atoms with van der Waals surface area (Å²) in [6.07, 6.45) is 3.71. The summed E-state index contributed by atoms with van der Waals surface area (Å²) in [5.74, 6) is 0.918. The molecule has 88 valence electrons. The molecule has 0 spiro atoms. The molecule has 3 nitrogen and oxygen atoms in total. The number of benzene rings is 1. The van der Waals surface area contributed by atoms with Crippen molar-refractivity contribution in [1.29, 1.82) is 0 Å². The minimum absolute atomic E-state index is 0.563. The molecular weight excluding hydrogens is 211 g/mol. The second-order valence-corrected chi connectivity index (χ2v) is 4.34. The first kappa shape index (κ1) is 11.8. The van der Waals surface area contributed by atoms with Crippen LogP contribution in [0.2, 0.25) is 13.6 Å². The maximum Gasteiger partial charge on any atom is 0.169 e. The fourth-order valence-electron chi connectivity index (χ4n) is 1.64. The van der Waals surface area contributed by atoms with Crippen LogP contribution in [0.1, 0.15) is 0 Å². The van der Waals surface area contributed by atoms with Crippen LogP contribution in [0.3, 0.4) is 0 Å². The summed E-state index contributed by atoms with van der Waals surface area (Å²) in [6, 6.07) is 10.2. The average molecular weight is 228 g/mol. The third kappa shape index (κ3) is 3.38. The predicted octanol–water partition coefficient (Wildman–Crippen LogP) is 1.92. The molecule has 0 aliphatic heterocycles. The van der Waals surface area contributed by atoms with Crippen molar-refractivity contribution in [2.45, 2.75) is 20.2 Å². The van der Waals surface area contributed by atoms with Gasteiger partial charge in [0.2, 0.25) is 0 Å². The van der Waals surface area contributed by atoms with Gasteiger partial charge in [-0.3, -0.25) is 4.68 Å². The van der Waals surface area contributed by atoms with Gasteiger partial charge >= 0.3 is 0 Å². The van der Waals surface area contributed by atoms with Gasteiger partial charge in [-0.25, -0.2) is 0 Å². The van der Waals surface area contributed by atoms with E-state index in [1.165, 1.54) is 5.46 Å². The first-order valence-electron chi connectivity index (χ1n) is 5.96. The summed E-state index contributed by atoms with van der Waals surface area (Å²) in [5, 5.41) is 4.12. The van der Waals surface area contributed by atoms with Gasteiger partial charge in [-0.05, 0) is 18.2 Å². The molecule has 0 bridgehead atoms. The SMILES string of the molecule is CB(C)c1ccc(OCCn2cccn2)cc1. The standard InChI is InChI=1S/C13H17BN2O/c1-14(2)12-4-6-13(7-5-12)17-11-10-16-9-3-8-15-16/h3-9H,10-11H2,1-2H3. The molecule has 1 aromatic heterocycles. The van der Waals surface area contributed by atoms with Gasteiger partial charge in [0.05, 0.1) is 6.54 Å². The molecule has 0 unspecified atom stereocenters. The van der Waals surface area contributed by atoms with Crippen LogP contribution in [0.25, 0.3) is 0 Å². The largest absolute Gasteiger partial charge is 0.492 e. The lowest BCUT2D eigenvalue weighted by molar-refractivity contribution is 0.291. The minimum Gasteiger partial charge on any atom is -0.492 e. The van der Waals surface area contributed by atoms with Gasteiger partial charge in [0.1, 0.15) is 12.4 Å². The highest BCUT2D eigenvalue weighted by Gasteiger charge is 2.02. The number of hydrogen-bond acceptors (Lipinski definition) is 2. The topological polar surface area (TPSA) is 27.1 Å². The molecule has 2 rings (SSSR count). The van der Waals surface area contributed by atoms with Gasteiger partial charge in [-0.2, -0.15) is 5.10 Å². The van der Waals surface area contributed by atoms with Gasteiger partial charge in [-0.15, -0.1) is 0 Å². The Morgan fingerprint density at radius 3 is 2.59 bits per heavy atom. The zero-order chi connectivity index (χ0) is 12.1. The quantitative estimate of drug-likeness (QED) is 0.731. The van der Waals surface area contributed by atoms with Gasteiger partial charge in [0.15, 0.2) is 6.71 Å². The Kier molecular flexibility index (Phi) is 3.86. The smallest absolute Gasteiger partial charge is 0.169 e. The molecule has 2 aromatic rings. The molecule has 0 aliphatic rings. The van der Waals surface area contributed by atoms with E-state index < -0.39 is 0 Å². The van der Waals surface area contributed by atoms with Crippen LogP contribution in [-0.4, -0.2) is 23.1 Å². The number of ether oxygens (including phenoxy) is 1. The Hall–Kier alpha value is -1.71. The molecule has 1 heterocycles. The summed E-state index contributed by atoms with van der Waals surface area (Å²) in [5.41, 5.74) is 1.34. The number of hydrogen-bond donors (Lipinski definition) is 0. The van der Waals surface area contributed by atoms with Crippen LogP contribution in [0.4, 0.5) is 0 Å². The van der Waals surface area contributed by atoms with Crippen LogP contribution in [-0.2, 0) is 6.54 Å². The van der Waals surface area contributed by atoms with Crippen molar-refractivity contribution in [3.05, 3.63) is 42.7 Å². The second-order valence-electron chi connectivity index (χ2n) is 4.34. The Bertz CT molecular complexity index is 437. The van der Waals surface area contributed by atoms with Gasteiger partial charge in [0, 0.05) is 12.4 Å². The Balaban J connectivity index is 1.83. The van der Waals surface area contributed by atoms with Crippen molar-refractivity contribution in [3.63, 3.8) is 0 Å². The van der Waals surface area contributed by atoms with E-state index in [0.717, 1.165) is 12.3 Å². The lowest BCUT2D eigenvalue weighted by Crippen LogP contribution is -2.21. The minimum atomic E-state index is 0.563. The Labute approximate surface area is 102 Å². The van der Waals surface area contributed by atoms with E-state index in [-0.39, 0.29) is 0 Å². The zero-order valence-electron chi connectivity index (χ0n) is 10.3. The van der Waals surface area contributed by atoms with E-state index in [2.05, 4.69) is 30.9 Å². The second kappa shape index (κ2) is 5.57. The first-order valence-corrected chi connectivity index (χ1v) is 5.96. The summed E-state index contributed by atoms with van der Waals surface area (Å²) in [4.78, 5) is 0. The normalized spacial score (nSPS) is 10.2. The molecule has 1 aromatic carbocycles. The van der Waals surface area contributed by atoms with Crippen LogP contribution in [0, 0.1) is 0 Å². The predicted molar refractivity (Wildman–Crippen MR) is 71.3 cm³/mol. The van der Waals surface area contributed by atoms with Crippen molar-refractivity contribution in [2.24, 2.45) is 0 Å². The van der Waals surface area contributed by atoms with E-state index >= 15 is 0 Å². The lowest BCUT2D eigenvalue weighted by Gasteiger charge is -2.08. The zero-order valence-corrected chi connectivity index (χ0v) is 10.3. The molecule has 0 saturated heterocycles. The molecule has 17 heavy (non-hydrogen) atoms. The van der Waals surface area contributed by atoms with Crippen molar-refractivity contribution in [1.82, 2.24) is 9.78 Å². The Morgan fingerprint density at radius 1 is 1.24 bits per heavy atom. The number of rotatable bonds is 5. The van der Waals surface area contributed by atoms with E-state index in [1.54, 1.807) is 6.20 Å². The Morgan fingerprint density at radius 2 is 2.00 bits per heavy atom. The fraction of sp³-hybridized carbons (Fsp3) is 0.308. The third-order valence-corrected chi connectivity index (χ3v) is 2.70. The highest BCUT2D eigenvalue weighted by molar-refractivity contribution is 6.70. The summed E-state index contributed by atoms with van der Waals surface area (Å²) < 4.78 is 7.52. The first-order chi connectivity index (χ1) is 8.25. The van der Waals surface area contributed by atoms with Crippen LogP contribution in [0.15, 0.2) is 42.7 Å². The maximum atomic E-state index is 5.65. The summed E-state index contributed by atoms with van der Waals surface area (Å²) in [7, 11) is 0. The maximum absolute atomic E-state index is 5.65. The number of aromatic nitrogens is 2. The highest BCUT2D eigenvalue weighted by atomic mass is 16.5. The van der Waals surface area contributed by atoms with E-state index in [1.807, 2.05) is 29.1 Å². The molecule has 0 atom stereocenters. The summed E-state index contributed by atoms with van der Waals surface area (Å²) >= 11 is 0. The van der Waals surface area contributed by atoms with Crippen molar-refractivity contribution >= 4 is 12.2 Å². The van der Waals surface area contributed by atoms with Crippen LogP contribution in [0.5, 0.6) is 5.75 Å². The van der Waals surface area contributed by atoms with Gasteiger partial charge in [-0.1, -0.05) is 31.2 Å². The van der Waals surface area contributed by atoms with Crippen molar-refractivity contribution < 1.29 is 4.74 Å². The molecule has 0 fully saturated rings. The van der Waals surface area contributed by atoms with Crippen LogP contribution < -0.4 is 10.2 Å². The third-order valence-electron chi connectivity index (χ3n) is 2.70. The monoisotopic (exact) mass is 228 g/mol. The van der Waals surface area contributed by atoms with Gasteiger partial charge in [0.25, 0.3) is 0 Å². The van der Waals surface area contributed by atoms with Crippen molar-refractivity contribution in [3.8, 4) is 5.75 Å². The molecule has 0 N–H and O–H groups in total. The van der Waals surface area contributed by atoms with E-state index in [0.29, 0.717) is 13.3 Å². The average Bonchev–Trinajstić information content (AvgIpc) is 2.83. The molecule has 0 aliphatic carbocycles. The fourth-order valence-corrected chi connectivity index (χ4v) is 1.64.